The molecule has 0 atom stereocenters. The first-order valence-electron chi connectivity index (χ1n) is 9.18. The SMILES string of the molecule is CCCNC(=O)c1ccc(CN2CCN(c3ccccc3OC)CC2)o1. The number of carbonyl (C=O) groups excluding carboxylic acids is 1. The Bertz CT molecular complexity index is 721. The molecule has 0 radical (unpaired) electrons. The molecule has 1 aromatic heterocycles. The van der Waals surface area contributed by atoms with Crippen LogP contribution in [0.25, 0.3) is 0 Å². The van der Waals surface area contributed by atoms with Gasteiger partial charge in [-0.25, -0.2) is 0 Å². The van der Waals surface area contributed by atoms with E-state index in [0.717, 1.165) is 56.3 Å². The molecule has 2 heterocycles. The number of para-hydroxylation sites is 2. The Hall–Kier alpha value is -2.47. The number of furan rings is 1. The lowest BCUT2D eigenvalue weighted by Crippen LogP contribution is -2.46. The van der Waals surface area contributed by atoms with E-state index in [0.29, 0.717) is 12.3 Å². The molecule has 0 aliphatic carbocycles. The fourth-order valence-corrected chi connectivity index (χ4v) is 3.17. The summed E-state index contributed by atoms with van der Waals surface area (Å²) < 4.78 is 11.2. The van der Waals surface area contributed by atoms with Crippen molar-refractivity contribution in [2.24, 2.45) is 0 Å². The average Bonchev–Trinajstić information content (AvgIpc) is 3.15. The largest absolute Gasteiger partial charge is 0.495 e. The summed E-state index contributed by atoms with van der Waals surface area (Å²) >= 11 is 0. The van der Waals surface area contributed by atoms with Gasteiger partial charge < -0.3 is 19.4 Å². The third-order valence-electron chi connectivity index (χ3n) is 4.60. The fourth-order valence-electron chi connectivity index (χ4n) is 3.17. The summed E-state index contributed by atoms with van der Waals surface area (Å²) in [5, 5.41) is 2.84. The van der Waals surface area contributed by atoms with E-state index in [1.807, 2.05) is 31.2 Å². The molecule has 1 aliphatic heterocycles. The van der Waals surface area contributed by atoms with Crippen molar-refractivity contribution >= 4 is 11.6 Å². The highest BCUT2D eigenvalue weighted by Gasteiger charge is 2.21. The van der Waals surface area contributed by atoms with Gasteiger partial charge in [-0.15, -0.1) is 0 Å². The second-order valence-corrected chi connectivity index (χ2v) is 6.46. The number of nitrogens with zero attached hydrogens (tertiary/aromatic N) is 2. The van der Waals surface area contributed by atoms with Crippen molar-refractivity contribution in [2.75, 3.05) is 44.7 Å². The number of benzene rings is 1. The zero-order chi connectivity index (χ0) is 18.4. The van der Waals surface area contributed by atoms with E-state index >= 15 is 0 Å². The maximum Gasteiger partial charge on any atom is 0.286 e. The van der Waals surface area contributed by atoms with Gasteiger partial charge in [0.05, 0.1) is 19.3 Å². The van der Waals surface area contributed by atoms with Gasteiger partial charge in [-0.1, -0.05) is 19.1 Å². The first kappa shape index (κ1) is 18.3. The average molecular weight is 357 g/mol. The Morgan fingerprint density at radius 2 is 1.92 bits per heavy atom. The monoisotopic (exact) mass is 357 g/mol. The van der Waals surface area contributed by atoms with Gasteiger partial charge in [-0.05, 0) is 30.7 Å². The van der Waals surface area contributed by atoms with Crippen molar-refractivity contribution in [3.05, 3.63) is 47.9 Å². The molecule has 0 saturated carbocycles. The van der Waals surface area contributed by atoms with Crippen molar-refractivity contribution in [3.8, 4) is 5.75 Å². The molecule has 1 N–H and O–H groups in total. The van der Waals surface area contributed by atoms with Crippen LogP contribution in [-0.2, 0) is 6.54 Å². The van der Waals surface area contributed by atoms with Crippen LogP contribution in [-0.4, -0.2) is 50.6 Å². The van der Waals surface area contributed by atoms with Gasteiger partial charge in [0.25, 0.3) is 5.91 Å². The number of nitrogens with one attached hydrogen (secondary N) is 1. The summed E-state index contributed by atoms with van der Waals surface area (Å²) in [4.78, 5) is 16.6. The number of anilines is 1. The highest BCUT2D eigenvalue weighted by molar-refractivity contribution is 5.91. The van der Waals surface area contributed by atoms with Crippen molar-refractivity contribution < 1.29 is 13.9 Å². The third-order valence-corrected chi connectivity index (χ3v) is 4.60. The van der Waals surface area contributed by atoms with Crippen molar-refractivity contribution in [1.82, 2.24) is 10.2 Å². The van der Waals surface area contributed by atoms with E-state index in [1.165, 1.54) is 0 Å². The van der Waals surface area contributed by atoms with Crippen LogP contribution in [0.2, 0.25) is 0 Å². The van der Waals surface area contributed by atoms with Gasteiger partial charge in [0.2, 0.25) is 0 Å². The number of rotatable bonds is 7. The molecule has 1 aliphatic rings. The Morgan fingerprint density at radius 3 is 2.65 bits per heavy atom. The van der Waals surface area contributed by atoms with Gasteiger partial charge in [0, 0.05) is 32.7 Å². The first-order valence-corrected chi connectivity index (χ1v) is 9.18. The lowest BCUT2D eigenvalue weighted by molar-refractivity contribution is 0.0922. The summed E-state index contributed by atoms with van der Waals surface area (Å²) in [6.07, 6.45) is 0.912. The summed E-state index contributed by atoms with van der Waals surface area (Å²) in [6, 6.07) is 11.8. The highest BCUT2D eigenvalue weighted by atomic mass is 16.5. The minimum atomic E-state index is -0.140. The molecule has 0 spiro atoms. The van der Waals surface area contributed by atoms with E-state index in [2.05, 4.69) is 21.2 Å². The van der Waals surface area contributed by atoms with Crippen molar-refractivity contribution in [2.45, 2.75) is 19.9 Å². The van der Waals surface area contributed by atoms with Crippen LogP contribution < -0.4 is 15.0 Å². The van der Waals surface area contributed by atoms with Crippen LogP contribution in [0.15, 0.2) is 40.8 Å². The second kappa shape index (κ2) is 8.76. The van der Waals surface area contributed by atoms with Crippen LogP contribution in [0.3, 0.4) is 0 Å². The molecular formula is C20H27N3O3. The topological polar surface area (TPSA) is 58.0 Å². The minimum Gasteiger partial charge on any atom is -0.495 e. The molecule has 26 heavy (non-hydrogen) atoms. The Balaban J connectivity index is 1.53. The number of piperazine rings is 1. The molecule has 6 nitrogen and oxygen atoms in total. The molecule has 1 saturated heterocycles. The summed E-state index contributed by atoms with van der Waals surface area (Å²) in [5.74, 6) is 1.99. The maximum absolute atomic E-state index is 11.9. The predicted molar refractivity (Wildman–Crippen MR) is 102 cm³/mol. The third kappa shape index (κ3) is 4.38. The molecule has 1 fully saturated rings. The molecule has 140 valence electrons. The zero-order valence-corrected chi connectivity index (χ0v) is 15.5. The number of carbonyl (C=O) groups is 1. The van der Waals surface area contributed by atoms with Gasteiger partial charge in [-0.2, -0.15) is 0 Å². The van der Waals surface area contributed by atoms with E-state index in [4.69, 9.17) is 9.15 Å². The Labute approximate surface area is 154 Å². The molecule has 0 bridgehead atoms. The molecule has 3 rings (SSSR count). The van der Waals surface area contributed by atoms with Crippen LogP contribution in [0.1, 0.15) is 29.7 Å². The number of hydrogen-bond acceptors (Lipinski definition) is 5. The molecule has 1 aromatic carbocycles. The van der Waals surface area contributed by atoms with Crippen LogP contribution in [0, 0.1) is 0 Å². The zero-order valence-electron chi connectivity index (χ0n) is 15.5. The molecule has 2 aromatic rings. The lowest BCUT2D eigenvalue weighted by Gasteiger charge is -2.36. The lowest BCUT2D eigenvalue weighted by atomic mass is 10.2. The van der Waals surface area contributed by atoms with Crippen molar-refractivity contribution in [3.63, 3.8) is 0 Å². The minimum absolute atomic E-state index is 0.140. The van der Waals surface area contributed by atoms with E-state index < -0.39 is 0 Å². The summed E-state index contributed by atoms with van der Waals surface area (Å²) in [7, 11) is 1.71. The number of methoxy groups -OCH3 is 1. The molecule has 0 unspecified atom stereocenters. The molecule has 1 amide bonds. The normalized spacial score (nSPS) is 15.1. The summed E-state index contributed by atoms with van der Waals surface area (Å²) in [5.41, 5.74) is 1.14. The summed E-state index contributed by atoms with van der Waals surface area (Å²) in [6.45, 7) is 7.17. The smallest absolute Gasteiger partial charge is 0.286 e. The second-order valence-electron chi connectivity index (χ2n) is 6.46. The van der Waals surface area contributed by atoms with E-state index in [9.17, 15) is 4.79 Å². The van der Waals surface area contributed by atoms with Gasteiger partial charge >= 0.3 is 0 Å². The number of amides is 1. The first-order chi connectivity index (χ1) is 12.7. The number of ether oxygens (including phenoxy) is 1. The Kier molecular flexibility index (Phi) is 6.17. The molecule has 6 heteroatoms. The highest BCUT2D eigenvalue weighted by Crippen LogP contribution is 2.28. The fraction of sp³-hybridized carbons (Fsp3) is 0.450. The van der Waals surface area contributed by atoms with E-state index in [1.54, 1.807) is 13.2 Å². The molecular weight excluding hydrogens is 330 g/mol. The van der Waals surface area contributed by atoms with Gasteiger partial charge in [-0.3, -0.25) is 9.69 Å². The maximum atomic E-state index is 11.9. The van der Waals surface area contributed by atoms with Gasteiger partial charge in [0.1, 0.15) is 11.5 Å². The number of hydrogen-bond donors (Lipinski definition) is 1. The van der Waals surface area contributed by atoms with Crippen LogP contribution >= 0.6 is 0 Å². The van der Waals surface area contributed by atoms with E-state index in [-0.39, 0.29) is 5.91 Å². The predicted octanol–water partition coefficient (Wildman–Crippen LogP) is 2.75. The standard InChI is InChI=1S/C20H27N3O3/c1-3-10-21-20(24)19-9-8-16(26-19)15-22-11-13-23(14-12-22)17-6-4-5-7-18(17)25-2/h4-9H,3,10-15H2,1-2H3,(H,21,24). The van der Waals surface area contributed by atoms with Gasteiger partial charge in [0.15, 0.2) is 5.76 Å². The quantitative estimate of drug-likeness (QED) is 0.826. The van der Waals surface area contributed by atoms with Crippen molar-refractivity contribution in [1.29, 1.82) is 0 Å². The van der Waals surface area contributed by atoms with Crippen LogP contribution in [0.4, 0.5) is 5.69 Å². The van der Waals surface area contributed by atoms with Crippen LogP contribution in [0.5, 0.6) is 5.75 Å². The Morgan fingerprint density at radius 1 is 1.15 bits per heavy atom.